The summed E-state index contributed by atoms with van der Waals surface area (Å²) in [4.78, 5) is 16.3. The van der Waals surface area contributed by atoms with Gasteiger partial charge in [0.2, 0.25) is 0 Å². The van der Waals surface area contributed by atoms with Gasteiger partial charge in [-0.1, -0.05) is 13.8 Å². The predicted octanol–water partition coefficient (Wildman–Crippen LogP) is 2.55. The van der Waals surface area contributed by atoms with Gasteiger partial charge in [0.25, 0.3) is 0 Å². The number of nitrogens with zero attached hydrogens (tertiary/aromatic N) is 1. The number of hydrogen-bond acceptors (Lipinski definition) is 7. The van der Waals surface area contributed by atoms with Crippen LogP contribution in [0.15, 0.2) is 16.9 Å². The number of nitrogens with one attached hydrogen (secondary N) is 1. The Hall–Kier alpha value is -0.930. The van der Waals surface area contributed by atoms with Gasteiger partial charge in [-0.15, -0.1) is 16.1 Å². The van der Waals surface area contributed by atoms with Crippen LogP contribution in [-0.4, -0.2) is 33.3 Å². The number of aromatic nitrogens is 1. The first-order chi connectivity index (χ1) is 10.8. The Morgan fingerprint density at radius 1 is 1.61 bits per heavy atom. The van der Waals surface area contributed by atoms with Gasteiger partial charge in [-0.05, 0) is 25.8 Å². The molecule has 0 aliphatic carbocycles. The maximum Gasteiger partial charge on any atom is 0.357 e. The van der Waals surface area contributed by atoms with E-state index >= 15 is 0 Å². The predicted molar refractivity (Wildman–Crippen MR) is 92.4 cm³/mol. The van der Waals surface area contributed by atoms with E-state index in [0.717, 1.165) is 0 Å². The van der Waals surface area contributed by atoms with E-state index in [4.69, 9.17) is 4.74 Å². The molecule has 0 amide bonds. The zero-order valence-corrected chi connectivity index (χ0v) is 15.5. The highest BCUT2D eigenvalue weighted by Gasteiger charge is 2.26. The number of carbonyl (C=O) groups is 1. The third-order valence-electron chi connectivity index (χ3n) is 3.15. The molecule has 1 aromatic rings. The minimum atomic E-state index is -1.35. The van der Waals surface area contributed by atoms with Gasteiger partial charge < -0.3 is 14.4 Å². The van der Waals surface area contributed by atoms with E-state index in [1.807, 2.05) is 13.8 Å². The molecule has 23 heavy (non-hydrogen) atoms. The van der Waals surface area contributed by atoms with Crippen LogP contribution in [0.4, 0.5) is 0 Å². The fraction of sp³-hybridized carbons (Fsp3) is 0.600. The summed E-state index contributed by atoms with van der Waals surface area (Å²) in [5.74, 6) is -0.332. The standard InChI is InChI=1S/C15H24N2O4S2/c1-6-21-15(19)12-8-22-14(16-12)13(18)7-11(9(2)3)17-23(20)10(4)5/h8-9,11,13,17-18H,4,6-7H2,1-3,5H3/t11-,13-,23?/m1/s1. The smallest absolute Gasteiger partial charge is 0.357 e. The van der Waals surface area contributed by atoms with Crippen LogP contribution >= 0.6 is 11.3 Å². The Morgan fingerprint density at radius 3 is 2.78 bits per heavy atom. The Morgan fingerprint density at radius 2 is 2.26 bits per heavy atom. The van der Waals surface area contributed by atoms with Gasteiger partial charge in [0, 0.05) is 12.3 Å². The van der Waals surface area contributed by atoms with E-state index in [0.29, 0.717) is 16.3 Å². The van der Waals surface area contributed by atoms with Gasteiger partial charge in [-0.25, -0.2) is 9.78 Å². The molecule has 0 radical (unpaired) electrons. The minimum Gasteiger partial charge on any atom is -0.593 e. The van der Waals surface area contributed by atoms with Crippen LogP contribution in [0, 0.1) is 5.92 Å². The molecule has 0 saturated heterocycles. The van der Waals surface area contributed by atoms with Gasteiger partial charge in [0.05, 0.1) is 24.0 Å². The quantitative estimate of drug-likeness (QED) is 0.519. The molecule has 0 saturated carbocycles. The molecule has 0 aliphatic rings. The molecule has 0 bridgehead atoms. The molecule has 1 aromatic heterocycles. The molecule has 0 spiro atoms. The molecule has 1 rings (SSSR count). The highest BCUT2D eigenvalue weighted by molar-refractivity contribution is 7.93. The topological polar surface area (TPSA) is 94.5 Å². The average molecular weight is 361 g/mol. The summed E-state index contributed by atoms with van der Waals surface area (Å²) in [6.45, 7) is 11.3. The molecule has 1 unspecified atom stereocenters. The molecule has 2 N–H and O–H groups in total. The largest absolute Gasteiger partial charge is 0.593 e. The van der Waals surface area contributed by atoms with Crippen molar-refractivity contribution in [3.8, 4) is 0 Å². The highest BCUT2D eigenvalue weighted by Crippen LogP contribution is 2.25. The van der Waals surface area contributed by atoms with E-state index in [2.05, 4.69) is 16.3 Å². The van der Waals surface area contributed by atoms with Gasteiger partial charge >= 0.3 is 5.97 Å². The first-order valence-corrected chi connectivity index (χ1v) is 9.43. The zero-order chi connectivity index (χ0) is 17.6. The third kappa shape index (κ3) is 6.23. The molecule has 0 fully saturated rings. The Labute approximate surface area is 144 Å². The highest BCUT2D eigenvalue weighted by atomic mass is 32.2. The molecule has 6 nitrogen and oxygen atoms in total. The van der Waals surface area contributed by atoms with Crippen LogP contribution in [0.2, 0.25) is 0 Å². The van der Waals surface area contributed by atoms with Crippen molar-refractivity contribution in [1.29, 1.82) is 0 Å². The van der Waals surface area contributed by atoms with Crippen LogP contribution in [0.5, 0.6) is 0 Å². The summed E-state index contributed by atoms with van der Waals surface area (Å²) in [6.07, 6.45) is -0.503. The second kappa shape index (κ2) is 9.39. The van der Waals surface area contributed by atoms with Gasteiger partial charge in [-0.3, -0.25) is 0 Å². The number of carbonyl (C=O) groups excluding carboxylic acids is 1. The second-order valence-electron chi connectivity index (χ2n) is 5.48. The van der Waals surface area contributed by atoms with Gasteiger partial charge in [0.1, 0.15) is 16.0 Å². The lowest BCUT2D eigenvalue weighted by molar-refractivity contribution is 0.0519. The number of hydrogen-bond donors (Lipinski definition) is 2. The van der Waals surface area contributed by atoms with Crippen molar-refractivity contribution in [3.05, 3.63) is 27.6 Å². The van der Waals surface area contributed by atoms with Crippen LogP contribution in [0.3, 0.4) is 0 Å². The van der Waals surface area contributed by atoms with Crippen LogP contribution in [0.1, 0.15) is 55.7 Å². The van der Waals surface area contributed by atoms with Crippen molar-refractivity contribution in [3.63, 3.8) is 0 Å². The number of rotatable bonds is 9. The van der Waals surface area contributed by atoms with Gasteiger partial charge in [0.15, 0.2) is 5.69 Å². The van der Waals surface area contributed by atoms with E-state index in [1.54, 1.807) is 19.2 Å². The minimum absolute atomic E-state index is 0.164. The molecule has 3 atom stereocenters. The van der Waals surface area contributed by atoms with Crippen molar-refractivity contribution in [2.24, 2.45) is 5.92 Å². The summed E-state index contributed by atoms with van der Waals surface area (Å²) in [6, 6.07) is -0.169. The Balaban J connectivity index is 2.73. The van der Waals surface area contributed by atoms with Crippen molar-refractivity contribution in [2.75, 3.05) is 6.61 Å². The average Bonchev–Trinajstić information content (AvgIpc) is 2.96. The van der Waals surface area contributed by atoms with Crippen molar-refractivity contribution in [2.45, 2.75) is 46.3 Å². The van der Waals surface area contributed by atoms with Crippen molar-refractivity contribution >= 4 is 28.7 Å². The summed E-state index contributed by atoms with van der Waals surface area (Å²) < 4.78 is 19.7. The maximum atomic E-state index is 11.9. The van der Waals surface area contributed by atoms with Crippen LogP contribution in [-0.2, 0) is 16.1 Å². The monoisotopic (exact) mass is 360 g/mol. The number of allylic oxidation sites excluding steroid dienone is 1. The van der Waals surface area contributed by atoms with E-state index in [1.165, 1.54) is 11.3 Å². The number of esters is 1. The first kappa shape index (κ1) is 20.1. The molecular formula is C15H24N2O4S2. The molecular weight excluding hydrogens is 336 g/mol. The van der Waals surface area contributed by atoms with E-state index < -0.39 is 23.4 Å². The number of thiazole rings is 1. The fourth-order valence-corrected chi connectivity index (χ4v) is 3.41. The molecule has 130 valence electrons. The lowest BCUT2D eigenvalue weighted by Crippen LogP contribution is -2.39. The van der Waals surface area contributed by atoms with E-state index in [9.17, 15) is 14.5 Å². The number of aliphatic hydroxyl groups is 1. The van der Waals surface area contributed by atoms with Crippen LogP contribution < -0.4 is 4.72 Å². The van der Waals surface area contributed by atoms with E-state index in [-0.39, 0.29) is 24.3 Å². The SMILES string of the molecule is C=C(C)[S+]([O-])N[C@H](C[C@@H](O)c1nc(C(=O)OCC)cs1)C(C)C. The summed E-state index contributed by atoms with van der Waals surface area (Å²) in [5.41, 5.74) is 0.200. The molecule has 8 heteroatoms. The lowest BCUT2D eigenvalue weighted by Gasteiger charge is -2.24. The fourth-order valence-electron chi connectivity index (χ4n) is 1.78. The molecule has 0 aromatic carbocycles. The summed E-state index contributed by atoms with van der Waals surface area (Å²) in [5, 5.41) is 12.4. The van der Waals surface area contributed by atoms with Crippen molar-refractivity contribution in [1.82, 2.24) is 9.71 Å². The lowest BCUT2D eigenvalue weighted by atomic mass is 9.99. The maximum absolute atomic E-state index is 11.9. The van der Waals surface area contributed by atoms with Crippen LogP contribution in [0.25, 0.3) is 0 Å². The molecule has 1 heterocycles. The summed E-state index contributed by atoms with van der Waals surface area (Å²) in [7, 11) is 0. The van der Waals surface area contributed by atoms with Gasteiger partial charge in [-0.2, -0.15) is 0 Å². The molecule has 0 aliphatic heterocycles. The number of aliphatic hydroxyl groups excluding tert-OH is 1. The first-order valence-electron chi connectivity index (χ1n) is 7.40. The second-order valence-corrected chi connectivity index (χ2v) is 7.84. The number of ether oxygens (including phenoxy) is 1. The van der Waals surface area contributed by atoms with Crippen molar-refractivity contribution < 1.29 is 19.2 Å². The Kier molecular flexibility index (Phi) is 8.21. The zero-order valence-electron chi connectivity index (χ0n) is 13.9. The summed E-state index contributed by atoms with van der Waals surface area (Å²) >= 11 is -0.139. The third-order valence-corrected chi connectivity index (χ3v) is 5.24. The normalized spacial score (nSPS) is 15.3. The Bertz CT molecular complexity index is 533.